The molecule has 3 aromatic rings. The second-order valence-electron chi connectivity index (χ2n) is 3.76. The van der Waals surface area contributed by atoms with Gasteiger partial charge < -0.3 is 0 Å². The Labute approximate surface area is 109 Å². The highest BCUT2D eigenvalue weighted by molar-refractivity contribution is 6.35. The SMILES string of the molecule is FC(F)(F)n1ncnc1-c1cc(Cl)c2[nH]ncc2c1. The van der Waals surface area contributed by atoms with E-state index in [0.29, 0.717) is 10.9 Å². The van der Waals surface area contributed by atoms with Gasteiger partial charge in [0.2, 0.25) is 0 Å². The molecule has 0 unspecified atom stereocenters. The molecule has 0 atom stereocenters. The van der Waals surface area contributed by atoms with Crippen molar-refractivity contribution in [2.75, 3.05) is 0 Å². The molecule has 3 rings (SSSR count). The van der Waals surface area contributed by atoms with Gasteiger partial charge >= 0.3 is 6.30 Å². The van der Waals surface area contributed by atoms with Crippen LogP contribution in [0, 0.1) is 0 Å². The van der Waals surface area contributed by atoms with Crippen LogP contribution in [0.15, 0.2) is 24.7 Å². The van der Waals surface area contributed by atoms with Crippen molar-refractivity contribution in [1.82, 2.24) is 25.0 Å². The van der Waals surface area contributed by atoms with Crippen LogP contribution in [0.3, 0.4) is 0 Å². The molecule has 0 saturated heterocycles. The predicted molar refractivity (Wildman–Crippen MR) is 61.4 cm³/mol. The van der Waals surface area contributed by atoms with Crippen molar-refractivity contribution < 1.29 is 13.2 Å². The van der Waals surface area contributed by atoms with E-state index in [0.717, 1.165) is 6.33 Å². The molecule has 0 radical (unpaired) electrons. The third kappa shape index (κ3) is 1.93. The fourth-order valence-electron chi connectivity index (χ4n) is 1.77. The highest BCUT2D eigenvalue weighted by Gasteiger charge is 2.35. The van der Waals surface area contributed by atoms with Crippen LogP contribution in [0.1, 0.15) is 0 Å². The number of aromatic nitrogens is 5. The first-order valence-electron chi connectivity index (χ1n) is 5.07. The van der Waals surface area contributed by atoms with Crippen molar-refractivity contribution in [3.8, 4) is 11.4 Å². The molecular weight excluding hydrogens is 283 g/mol. The van der Waals surface area contributed by atoms with Crippen molar-refractivity contribution in [3.05, 3.63) is 29.7 Å². The molecule has 9 heteroatoms. The van der Waals surface area contributed by atoms with Gasteiger partial charge in [0.1, 0.15) is 6.33 Å². The molecule has 1 N–H and O–H groups in total. The average molecular weight is 288 g/mol. The summed E-state index contributed by atoms with van der Waals surface area (Å²) in [6, 6.07) is 2.89. The molecule has 0 aliphatic heterocycles. The summed E-state index contributed by atoms with van der Waals surface area (Å²) < 4.78 is 38.1. The smallest absolute Gasteiger partial charge is 0.276 e. The maximum Gasteiger partial charge on any atom is 0.506 e. The van der Waals surface area contributed by atoms with Gasteiger partial charge in [0.25, 0.3) is 0 Å². The lowest BCUT2D eigenvalue weighted by molar-refractivity contribution is -0.211. The number of nitrogens with zero attached hydrogens (tertiary/aromatic N) is 4. The highest BCUT2D eigenvalue weighted by atomic mass is 35.5. The van der Waals surface area contributed by atoms with Gasteiger partial charge in [-0.1, -0.05) is 11.6 Å². The van der Waals surface area contributed by atoms with E-state index in [1.54, 1.807) is 0 Å². The first-order valence-corrected chi connectivity index (χ1v) is 5.45. The molecule has 19 heavy (non-hydrogen) atoms. The number of alkyl halides is 3. The molecule has 2 heterocycles. The fraction of sp³-hybridized carbons (Fsp3) is 0.100. The lowest BCUT2D eigenvalue weighted by atomic mass is 10.1. The Morgan fingerprint density at radius 3 is 2.79 bits per heavy atom. The molecule has 0 amide bonds. The maximum atomic E-state index is 12.7. The summed E-state index contributed by atoms with van der Waals surface area (Å²) in [5, 5.41) is 10.5. The molecule has 5 nitrogen and oxygen atoms in total. The molecule has 0 saturated carbocycles. The lowest BCUT2D eigenvalue weighted by Gasteiger charge is -2.09. The number of benzene rings is 1. The number of hydrogen-bond donors (Lipinski definition) is 1. The molecule has 0 aliphatic rings. The molecule has 0 aliphatic carbocycles. The Bertz CT molecular complexity index is 745. The zero-order chi connectivity index (χ0) is 13.6. The monoisotopic (exact) mass is 287 g/mol. The van der Waals surface area contributed by atoms with Gasteiger partial charge in [-0.15, -0.1) is 13.2 Å². The Balaban J connectivity index is 2.22. The molecule has 1 aromatic carbocycles. The van der Waals surface area contributed by atoms with Gasteiger partial charge in [-0.05, 0) is 12.1 Å². The molecule has 2 aromatic heterocycles. The van der Waals surface area contributed by atoms with E-state index in [9.17, 15) is 13.2 Å². The second kappa shape index (κ2) is 3.95. The standard InChI is InChI=1S/C10H5ClF3N5/c11-7-2-5(1-6-3-16-18-8(6)7)9-15-4-17-19(9)10(12,13)14/h1-4H,(H,16,18). The Morgan fingerprint density at radius 1 is 1.26 bits per heavy atom. The quantitative estimate of drug-likeness (QED) is 0.748. The zero-order valence-electron chi connectivity index (χ0n) is 9.11. The topological polar surface area (TPSA) is 59.4 Å². The summed E-state index contributed by atoms with van der Waals surface area (Å²) in [6.07, 6.45) is -2.32. The maximum absolute atomic E-state index is 12.7. The average Bonchev–Trinajstić information content (AvgIpc) is 2.96. The van der Waals surface area contributed by atoms with Crippen LogP contribution in [0.5, 0.6) is 0 Å². The minimum atomic E-state index is -4.64. The highest BCUT2D eigenvalue weighted by Crippen LogP contribution is 2.31. The summed E-state index contributed by atoms with van der Waals surface area (Å²) in [7, 11) is 0. The van der Waals surface area contributed by atoms with E-state index in [4.69, 9.17) is 11.6 Å². The fourth-order valence-corrected chi connectivity index (χ4v) is 2.04. The summed E-state index contributed by atoms with van der Waals surface area (Å²) in [5.41, 5.74) is 0.775. The van der Waals surface area contributed by atoms with Crippen LogP contribution in [0.25, 0.3) is 22.3 Å². The van der Waals surface area contributed by atoms with Gasteiger partial charge in [0.05, 0.1) is 16.7 Å². The summed E-state index contributed by atoms with van der Waals surface area (Å²) in [6.45, 7) is 0. The minimum absolute atomic E-state index is 0.107. The van der Waals surface area contributed by atoms with E-state index in [1.165, 1.54) is 18.3 Å². The van der Waals surface area contributed by atoms with Gasteiger partial charge in [0.15, 0.2) is 5.82 Å². The van der Waals surface area contributed by atoms with Gasteiger partial charge in [-0.25, -0.2) is 4.98 Å². The summed E-state index contributed by atoms with van der Waals surface area (Å²) in [4.78, 5) is 3.63. The molecule has 0 bridgehead atoms. The van der Waals surface area contributed by atoms with Gasteiger partial charge in [-0.2, -0.15) is 14.9 Å². The third-order valence-corrected chi connectivity index (χ3v) is 2.84. The molecule has 0 spiro atoms. The first kappa shape index (κ1) is 12.0. The lowest BCUT2D eigenvalue weighted by Crippen LogP contribution is -2.19. The number of H-pyrrole nitrogens is 1. The number of hydrogen-bond acceptors (Lipinski definition) is 3. The first-order chi connectivity index (χ1) is 8.97. The van der Waals surface area contributed by atoms with Crippen LogP contribution < -0.4 is 0 Å². The van der Waals surface area contributed by atoms with E-state index < -0.39 is 6.30 Å². The van der Waals surface area contributed by atoms with E-state index >= 15 is 0 Å². The Kier molecular flexibility index (Phi) is 2.49. The number of aromatic amines is 1. The van der Waals surface area contributed by atoms with Gasteiger partial charge in [0, 0.05) is 10.9 Å². The van der Waals surface area contributed by atoms with Gasteiger partial charge in [-0.3, -0.25) is 5.10 Å². The number of rotatable bonds is 1. The molecule has 0 fully saturated rings. The van der Waals surface area contributed by atoms with Crippen molar-refractivity contribution in [2.24, 2.45) is 0 Å². The zero-order valence-corrected chi connectivity index (χ0v) is 9.87. The Morgan fingerprint density at radius 2 is 2.05 bits per heavy atom. The number of halogens is 4. The normalized spacial score (nSPS) is 12.2. The predicted octanol–water partition coefficient (Wildman–Crippen LogP) is 2.95. The van der Waals surface area contributed by atoms with Crippen LogP contribution in [-0.4, -0.2) is 25.0 Å². The van der Waals surface area contributed by atoms with E-state index in [2.05, 4.69) is 20.3 Å². The van der Waals surface area contributed by atoms with Crippen molar-refractivity contribution in [3.63, 3.8) is 0 Å². The van der Waals surface area contributed by atoms with Crippen LogP contribution in [0.4, 0.5) is 13.2 Å². The Hall–Kier alpha value is -2.09. The van der Waals surface area contributed by atoms with E-state index in [-0.39, 0.29) is 21.1 Å². The number of nitrogens with one attached hydrogen (secondary N) is 1. The molecular formula is C10H5ClF3N5. The molecule has 98 valence electrons. The minimum Gasteiger partial charge on any atom is -0.276 e. The van der Waals surface area contributed by atoms with Crippen LogP contribution in [-0.2, 0) is 6.30 Å². The third-order valence-electron chi connectivity index (χ3n) is 2.55. The van der Waals surface area contributed by atoms with Crippen molar-refractivity contribution in [1.29, 1.82) is 0 Å². The van der Waals surface area contributed by atoms with E-state index in [1.807, 2.05) is 0 Å². The van der Waals surface area contributed by atoms with Crippen molar-refractivity contribution >= 4 is 22.5 Å². The van der Waals surface area contributed by atoms with Crippen LogP contribution >= 0.6 is 11.6 Å². The summed E-state index contributed by atoms with van der Waals surface area (Å²) >= 11 is 5.98. The van der Waals surface area contributed by atoms with Crippen LogP contribution in [0.2, 0.25) is 5.02 Å². The summed E-state index contributed by atoms with van der Waals surface area (Å²) in [5.74, 6) is -0.322. The largest absolute Gasteiger partial charge is 0.506 e. The second-order valence-corrected chi connectivity index (χ2v) is 4.16. The number of fused-ring (bicyclic) bond motifs is 1. The van der Waals surface area contributed by atoms with Crippen molar-refractivity contribution in [2.45, 2.75) is 6.30 Å².